The summed E-state index contributed by atoms with van der Waals surface area (Å²) in [6, 6.07) is 0.663. The minimum atomic E-state index is 0.464. The number of likely N-dealkylation sites (tertiary alicyclic amines) is 1. The highest BCUT2D eigenvalue weighted by Gasteiger charge is 2.25. The number of nitrogens with zero attached hydrogens (tertiary/aromatic N) is 1. The number of hydrogen-bond acceptors (Lipinski definition) is 3. The van der Waals surface area contributed by atoms with Crippen LogP contribution in [-0.4, -0.2) is 49.3 Å². The Bertz CT molecular complexity index is 202. The van der Waals surface area contributed by atoms with E-state index in [-0.39, 0.29) is 0 Å². The average Bonchev–Trinajstić information content (AvgIpc) is 2.30. The molecule has 3 heteroatoms. The van der Waals surface area contributed by atoms with Crippen LogP contribution in [0.2, 0.25) is 0 Å². The topological polar surface area (TPSA) is 24.5 Å². The van der Waals surface area contributed by atoms with Crippen LogP contribution in [0.4, 0.5) is 0 Å². The van der Waals surface area contributed by atoms with Crippen molar-refractivity contribution in [3.8, 4) is 0 Å². The van der Waals surface area contributed by atoms with Crippen LogP contribution in [0.1, 0.15) is 39.5 Å². The number of piperidine rings is 2. The first-order chi connectivity index (χ1) is 7.75. The maximum absolute atomic E-state index is 6.21. The van der Waals surface area contributed by atoms with Crippen LogP contribution in [-0.2, 0) is 4.74 Å². The van der Waals surface area contributed by atoms with Crippen molar-refractivity contribution in [1.29, 1.82) is 0 Å². The van der Waals surface area contributed by atoms with Gasteiger partial charge in [-0.1, -0.05) is 0 Å². The first-order valence-corrected chi connectivity index (χ1v) is 6.86. The Hall–Kier alpha value is -0.120. The predicted molar refractivity (Wildman–Crippen MR) is 66.7 cm³/mol. The molecule has 94 valence electrons. The quantitative estimate of drug-likeness (QED) is 0.791. The van der Waals surface area contributed by atoms with Gasteiger partial charge in [0, 0.05) is 19.1 Å². The van der Waals surface area contributed by atoms with E-state index in [1.54, 1.807) is 0 Å². The molecule has 16 heavy (non-hydrogen) atoms. The average molecular weight is 226 g/mol. The number of hydrogen-bond donors (Lipinski definition) is 1. The van der Waals surface area contributed by atoms with E-state index in [0.29, 0.717) is 18.2 Å². The molecule has 1 N–H and O–H groups in total. The molecule has 0 aromatic heterocycles. The fraction of sp³-hybridized carbons (Fsp3) is 1.00. The molecule has 0 radical (unpaired) electrons. The predicted octanol–water partition coefficient (Wildman–Crippen LogP) is 1.63. The molecule has 2 aliphatic rings. The molecule has 0 aromatic carbocycles. The Morgan fingerprint density at radius 3 is 2.69 bits per heavy atom. The Kier molecular flexibility index (Phi) is 4.62. The lowest BCUT2D eigenvalue weighted by atomic mass is 10.1. The molecule has 3 nitrogen and oxygen atoms in total. The van der Waals surface area contributed by atoms with Crippen molar-refractivity contribution in [2.24, 2.45) is 0 Å². The zero-order valence-corrected chi connectivity index (χ0v) is 10.7. The van der Waals surface area contributed by atoms with Crippen LogP contribution in [0.5, 0.6) is 0 Å². The van der Waals surface area contributed by atoms with Crippen molar-refractivity contribution in [1.82, 2.24) is 10.2 Å². The lowest BCUT2D eigenvalue weighted by Crippen LogP contribution is -2.46. The molecule has 2 heterocycles. The summed E-state index contributed by atoms with van der Waals surface area (Å²) in [5.41, 5.74) is 0. The van der Waals surface area contributed by atoms with Gasteiger partial charge in [0.1, 0.15) is 0 Å². The number of ether oxygens (including phenoxy) is 1. The molecule has 2 atom stereocenters. The van der Waals surface area contributed by atoms with Gasteiger partial charge in [-0.05, 0) is 52.6 Å². The highest BCUT2D eigenvalue weighted by molar-refractivity contribution is 4.78. The van der Waals surface area contributed by atoms with E-state index in [2.05, 4.69) is 24.1 Å². The molecule has 0 amide bonds. The summed E-state index contributed by atoms with van der Waals surface area (Å²) in [5.74, 6) is 0. The third kappa shape index (κ3) is 3.44. The Morgan fingerprint density at radius 1 is 1.19 bits per heavy atom. The molecule has 2 saturated heterocycles. The van der Waals surface area contributed by atoms with Crippen molar-refractivity contribution >= 4 is 0 Å². The number of rotatable bonds is 3. The van der Waals surface area contributed by atoms with Crippen molar-refractivity contribution < 1.29 is 4.74 Å². The molecule has 0 aromatic rings. The van der Waals surface area contributed by atoms with Crippen molar-refractivity contribution in [2.75, 3.05) is 26.2 Å². The van der Waals surface area contributed by atoms with Crippen LogP contribution in [0.15, 0.2) is 0 Å². The first kappa shape index (κ1) is 12.3. The van der Waals surface area contributed by atoms with E-state index >= 15 is 0 Å². The maximum atomic E-state index is 6.21. The third-order valence-corrected chi connectivity index (χ3v) is 3.78. The van der Waals surface area contributed by atoms with Gasteiger partial charge in [-0.3, -0.25) is 4.90 Å². The fourth-order valence-corrected chi connectivity index (χ4v) is 2.75. The SMILES string of the molecule is CC(C)N1CCCC(OC2CCCNC2)C1. The van der Waals surface area contributed by atoms with E-state index in [1.165, 1.54) is 38.8 Å². The molecule has 2 rings (SSSR count). The summed E-state index contributed by atoms with van der Waals surface area (Å²) < 4.78 is 6.21. The lowest BCUT2D eigenvalue weighted by Gasteiger charge is -2.37. The first-order valence-electron chi connectivity index (χ1n) is 6.86. The molecular weight excluding hydrogens is 200 g/mol. The molecule has 0 saturated carbocycles. The van der Waals surface area contributed by atoms with Gasteiger partial charge in [-0.25, -0.2) is 0 Å². The highest BCUT2D eigenvalue weighted by atomic mass is 16.5. The molecule has 0 bridgehead atoms. The highest BCUT2D eigenvalue weighted by Crippen LogP contribution is 2.18. The van der Waals surface area contributed by atoms with Crippen molar-refractivity contribution in [3.63, 3.8) is 0 Å². The summed E-state index contributed by atoms with van der Waals surface area (Å²) in [6.07, 6.45) is 5.99. The Labute approximate surface area is 99.5 Å². The van der Waals surface area contributed by atoms with E-state index < -0.39 is 0 Å². The number of nitrogens with one attached hydrogen (secondary N) is 1. The van der Waals surface area contributed by atoms with Crippen molar-refractivity contribution in [3.05, 3.63) is 0 Å². The normalized spacial score (nSPS) is 33.2. The summed E-state index contributed by atoms with van der Waals surface area (Å²) in [6.45, 7) is 9.17. The van der Waals surface area contributed by atoms with Gasteiger partial charge in [0.2, 0.25) is 0 Å². The monoisotopic (exact) mass is 226 g/mol. The molecule has 2 unspecified atom stereocenters. The van der Waals surface area contributed by atoms with Crippen molar-refractivity contribution in [2.45, 2.75) is 57.8 Å². The molecule has 0 spiro atoms. The van der Waals surface area contributed by atoms with Crippen LogP contribution < -0.4 is 5.32 Å². The summed E-state index contributed by atoms with van der Waals surface area (Å²) >= 11 is 0. The Morgan fingerprint density at radius 2 is 2.00 bits per heavy atom. The maximum Gasteiger partial charge on any atom is 0.0707 e. The zero-order chi connectivity index (χ0) is 11.4. The minimum absolute atomic E-state index is 0.464. The van der Waals surface area contributed by atoms with Crippen LogP contribution >= 0.6 is 0 Å². The van der Waals surface area contributed by atoms with Crippen LogP contribution in [0.25, 0.3) is 0 Å². The van der Waals surface area contributed by atoms with Gasteiger partial charge >= 0.3 is 0 Å². The van der Waals surface area contributed by atoms with Crippen LogP contribution in [0.3, 0.4) is 0 Å². The minimum Gasteiger partial charge on any atom is -0.372 e. The van der Waals surface area contributed by atoms with Crippen LogP contribution in [0, 0.1) is 0 Å². The zero-order valence-electron chi connectivity index (χ0n) is 10.7. The van der Waals surface area contributed by atoms with Gasteiger partial charge in [-0.2, -0.15) is 0 Å². The third-order valence-electron chi connectivity index (χ3n) is 3.78. The molecular formula is C13H26N2O. The smallest absolute Gasteiger partial charge is 0.0707 e. The largest absolute Gasteiger partial charge is 0.372 e. The second kappa shape index (κ2) is 5.99. The molecule has 0 aliphatic carbocycles. The molecule has 2 fully saturated rings. The molecule has 2 aliphatic heterocycles. The fourth-order valence-electron chi connectivity index (χ4n) is 2.75. The summed E-state index contributed by atoms with van der Waals surface area (Å²) in [7, 11) is 0. The van der Waals surface area contributed by atoms with E-state index in [9.17, 15) is 0 Å². The van der Waals surface area contributed by atoms with Gasteiger partial charge in [0.15, 0.2) is 0 Å². The second-order valence-corrected chi connectivity index (χ2v) is 5.46. The lowest BCUT2D eigenvalue weighted by molar-refractivity contribution is -0.0599. The van der Waals surface area contributed by atoms with E-state index in [4.69, 9.17) is 4.74 Å². The van der Waals surface area contributed by atoms with E-state index in [1.807, 2.05) is 0 Å². The van der Waals surface area contributed by atoms with Gasteiger partial charge < -0.3 is 10.1 Å². The second-order valence-electron chi connectivity index (χ2n) is 5.46. The standard InChI is InChI=1S/C13H26N2O/c1-11(2)15-8-4-6-13(10-15)16-12-5-3-7-14-9-12/h11-14H,3-10H2,1-2H3. The summed E-state index contributed by atoms with van der Waals surface area (Å²) in [5, 5.41) is 3.42. The Balaban J connectivity index is 1.75. The van der Waals surface area contributed by atoms with Gasteiger partial charge in [-0.15, -0.1) is 0 Å². The summed E-state index contributed by atoms with van der Waals surface area (Å²) in [4.78, 5) is 2.55. The van der Waals surface area contributed by atoms with Gasteiger partial charge in [0.25, 0.3) is 0 Å². The van der Waals surface area contributed by atoms with Gasteiger partial charge in [0.05, 0.1) is 12.2 Å². The van der Waals surface area contributed by atoms with E-state index in [0.717, 1.165) is 13.1 Å².